The molecule has 182 valence electrons. The van der Waals surface area contributed by atoms with Gasteiger partial charge in [0.05, 0.1) is 25.6 Å². The van der Waals surface area contributed by atoms with Crippen LogP contribution in [0.3, 0.4) is 0 Å². The molecule has 2 heterocycles. The highest BCUT2D eigenvalue weighted by atomic mass is 16.7. The van der Waals surface area contributed by atoms with Gasteiger partial charge in [-0.05, 0) is 0 Å². The van der Waals surface area contributed by atoms with E-state index in [0.29, 0.717) is 11.5 Å². The SMILES string of the molecule is COc1cc(NC=C2C(=O)OC(C)(C)OC2=O)c(NC=C2C(=O)OC(C)(C)OC2=O)cc1OC. The van der Waals surface area contributed by atoms with E-state index in [2.05, 4.69) is 10.6 Å². The molecule has 2 aliphatic rings. The number of methoxy groups -OCH3 is 2. The third-order valence-corrected chi connectivity index (χ3v) is 4.50. The largest absolute Gasteiger partial charge is 0.493 e. The molecular formula is C22H24N2O10. The van der Waals surface area contributed by atoms with Crippen LogP contribution in [0, 0.1) is 0 Å². The first-order valence-corrected chi connectivity index (χ1v) is 9.98. The van der Waals surface area contributed by atoms with E-state index in [4.69, 9.17) is 28.4 Å². The van der Waals surface area contributed by atoms with E-state index >= 15 is 0 Å². The molecule has 34 heavy (non-hydrogen) atoms. The highest BCUT2D eigenvalue weighted by Crippen LogP contribution is 2.37. The molecule has 0 unspecified atom stereocenters. The molecule has 0 bridgehead atoms. The number of cyclic esters (lactones) is 4. The Hall–Kier alpha value is -4.22. The second-order valence-electron chi connectivity index (χ2n) is 8.02. The van der Waals surface area contributed by atoms with E-state index in [1.807, 2.05) is 0 Å². The van der Waals surface area contributed by atoms with Crippen molar-refractivity contribution in [3.63, 3.8) is 0 Å². The number of ether oxygens (including phenoxy) is 6. The number of carbonyl (C=O) groups excluding carboxylic acids is 4. The van der Waals surface area contributed by atoms with Crippen molar-refractivity contribution in [3.8, 4) is 11.5 Å². The van der Waals surface area contributed by atoms with Gasteiger partial charge in [-0.25, -0.2) is 19.2 Å². The lowest BCUT2D eigenvalue weighted by atomic mass is 10.2. The van der Waals surface area contributed by atoms with Gasteiger partial charge in [0.25, 0.3) is 11.6 Å². The quantitative estimate of drug-likeness (QED) is 0.351. The highest BCUT2D eigenvalue weighted by Gasteiger charge is 2.40. The zero-order chi connectivity index (χ0) is 25.3. The van der Waals surface area contributed by atoms with E-state index in [0.717, 1.165) is 12.4 Å². The van der Waals surface area contributed by atoms with Crippen LogP contribution in [0.2, 0.25) is 0 Å². The van der Waals surface area contributed by atoms with Crippen LogP contribution in [-0.4, -0.2) is 49.7 Å². The van der Waals surface area contributed by atoms with E-state index in [1.165, 1.54) is 54.0 Å². The fraction of sp³-hybridized carbons (Fsp3) is 0.364. The first kappa shape index (κ1) is 24.4. The minimum absolute atomic E-state index is 0.283. The summed E-state index contributed by atoms with van der Waals surface area (Å²) in [6.07, 6.45) is 2.20. The Bertz CT molecular complexity index is 986. The number of esters is 4. The molecule has 2 saturated heterocycles. The van der Waals surface area contributed by atoms with E-state index in [1.54, 1.807) is 0 Å². The van der Waals surface area contributed by atoms with Gasteiger partial charge in [0.1, 0.15) is 0 Å². The molecule has 12 heteroatoms. The monoisotopic (exact) mass is 476 g/mol. The van der Waals surface area contributed by atoms with Crippen molar-refractivity contribution in [2.45, 2.75) is 39.3 Å². The standard InChI is InChI=1S/C22H24N2O10/c1-21(2)31-17(25)11(18(26)32-21)9-23-13-7-15(29-5)16(30-6)8-14(13)24-10-12-19(27)33-22(3,4)34-20(12)28/h7-10,23-24H,1-6H3. The first-order chi connectivity index (χ1) is 15.9. The van der Waals surface area contributed by atoms with Gasteiger partial charge in [-0.2, -0.15) is 0 Å². The number of hydrogen-bond acceptors (Lipinski definition) is 12. The lowest BCUT2D eigenvalue weighted by Gasteiger charge is -2.30. The van der Waals surface area contributed by atoms with Gasteiger partial charge in [0.15, 0.2) is 22.6 Å². The normalized spacial score (nSPS) is 18.6. The summed E-state index contributed by atoms with van der Waals surface area (Å²) in [5.74, 6) is -5.63. The van der Waals surface area contributed by atoms with Gasteiger partial charge in [0.2, 0.25) is 0 Å². The molecule has 2 fully saturated rings. The van der Waals surface area contributed by atoms with Crippen LogP contribution in [0.5, 0.6) is 11.5 Å². The zero-order valence-corrected chi connectivity index (χ0v) is 19.4. The number of benzene rings is 1. The molecule has 0 atom stereocenters. The molecule has 2 N–H and O–H groups in total. The lowest BCUT2D eigenvalue weighted by Crippen LogP contribution is -2.42. The van der Waals surface area contributed by atoms with E-state index in [-0.39, 0.29) is 22.5 Å². The summed E-state index contributed by atoms with van der Waals surface area (Å²) in [5, 5.41) is 5.59. The Balaban J connectivity index is 1.93. The molecule has 0 amide bonds. The van der Waals surface area contributed by atoms with E-state index < -0.39 is 35.5 Å². The van der Waals surface area contributed by atoms with E-state index in [9.17, 15) is 19.2 Å². The average molecular weight is 476 g/mol. The van der Waals surface area contributed by atoms with Gasteiger partial charge < -0.3 is 39.1 Å². The molecule has 0 saturated carbocycles. The number of anilines is 2. The summed E-state index contributed by atoms with van der Waals surface area (Å²) >= 11 is 0. The average Bonchev–Trinajstić information content (AvgIpc) is 2.70. The van der Waals surface area contributed by atoms with Crippen LogP contribution >= 0.6 is 0 Å². The molecule has 3 rings (SSSR count). The smallest absolute Gasteiger partial charge is 0.350 e. The first-order valence-electron chi connectivity index (χ1n) is 9.98. The van der Waals surface area contributed by atoms with Crippen LogP contribution in [0.4, 0.5) is 11.4 Å². The summed E-state index contributed by atoms with van der Waals surface area (Å²) < 4.78 is 30.8. The van der Waals surface area contributed by atoms with Crippen LogP contribution in [0.15, 0.2) is 35.7 Å². The second-order valence-corrected chi connectivity index (χ2v) is 8.02. The molecule has 0 aliphatic carbocycles. The fourth-order valence-electron chi connectivity index (χ4n) is 2.97. The van der Waals surface area contributed by atoms with Crippen molar-refractivity contribution >= 4 is 35.3 Å². The summed E-state index contributed by atoms with van der Waals surface area (Å²) in [7, 11) is 2.84. The Morgan fingerprint density at radius 3 is 1.21 bits per heavy atom. The zero-order valence-electron chi connectivity index (χ0n) is 19.4. The van der Waals surface area contributed by atoms with Crippen LogP contribution in [0.25, 0.3) is 0 Å². The van der Waals surface area contributed by atoms with Crippen LogP contribution < -0.4 is 20.1 Å². The topological polar surface area (TPSA) is 148 Å². The Labute approximate surface area is 194 Å². The number of carbonyl (C=O) groups is 4. The number of hydrogen-bond donors (Lipinski definition) is 2. The molecule has 1 aromatic rings. The maximum atomic E-state index is 12.2. The molecule has 1 aromatic carbocycles. The summed E-state index contributed by atoms with van der Waals surface area (Å²) in [5.41, 5.74) is -0.184. The van der Waals surface area contributed by atoms with Crippen molar-refractivity contribution in [2.24, 2.45) is 0 Å². The van der Waals surface area contributed by atoms with Crippen molar-refractivity contribution in [3.05, 3.63) is 35.7 Å². The Morgan fingerprint density at radius 1 is 0.647 bits per heavy atom. The third-order valence-electron chi connectivity index (χ3n) is 4.50. The third kappa shape index (κ3) is 5.22. The minimum Gasteiger partial charge on any atom is -0.493 e. The van der Waals surface area contributed by atoms with Crippen molar-refractivity contribution in [2.75, 3.05) is 24.9 Å². The predicted molar refractivity (Wildman–Crippen MR) is 115 cm³/mol. The minimum atomic E-state index is -1.38. The maximum Gasteiger partial charge on any atom is 0.350 e. The van der Waals surface area contributed by atoms with Gasteiger partial charge in [0, 0.05) is 52.2 Å². The molecule has 0 spiro atoms. The van der Waals surface area contributed by atoms with Gasteiger partial charge in [-0.15, -0.1) is 0 Å². The predicted octanol–water partition coefficient (Wildman–Crippen LogP) is 1.97. The number of rotatable bonds is 6. The Morgan fingerprint density at radius 2 is 0.941 bits per heavy atom. The summed E-state index contributed by atoms with van der Waals surface area (Å²) in [6, 6.07) is 3.00. The molecular weight excluding hydrogens is 452 g/mol. The van der Waals surface area contributed by atoms with Crippen LogP contribution in [0.1, 0.15) is 27.7 Å². The van der Waals surface area contributed by atoms with Gasteiger partial charge >= 0.3 is 23.9 Å². The lowest BCUT2D eigenvalue weighted by molar-refractivity contribution is -0.224. The summed E-state index contributed by atoms with van der Waals surface area (Å²) in [4.78, 5) is 48.8. The fourth-order valence-corrected chi connectivity index (χ4v) is 2.97. The summed E-state index contributed by atoms with van der Waals surface area (Å²) in [6.45, 7) is 5.72. The molecule has 0 aromatic heterocycles. The second kappa shape index (κ2) is 8.96. The van der Waals surface area contributed by atoms with Crippen LogP contribution in [-0.2, 0) is 38.1 Å². The van der Waals surface area contributed by atoms with Crippen molar-refractivity contribution in [1.82, 2.24) is 0 Å². The van der Waals surface area contributed by atoms with Crippen molar-refractivity contribution < 1.29 is 47.6 Å². The van der Waals surface area contributed by atoms with Crippen molar-refractivity contribution in [1.29, 1.82) is 0 Å². The molecule has 12 nitrogen and oxygen atoms in total. The molecule has 2 aliphatic heterocycles. The van der Waals surface area contributed by atoms with Gasteiger partial charge in [-0.3, -0.25) is 0 Å². The van der Waals surface area contributed by atoms with Gasteiger partial charge in [-0.1, -0.05) is 0 Å². The molecule has 0 radical (unpaired) electrons. The highest BCUT2D eigenvalue weighted by molar-refractivity contribution is 6.16. The number of nitrogens with one attached hydrogen (secondary N) is 2. The Kier molecular flexibility index (Phi) is 6.44. The maximum absolute atomic E-state index is 12.2.